The number of amides is 1. The zero-order chi connectivity index (χ0) is 18.4. The van der Waals surface area contributed by atoms with Crippen LogP contribution in [0.3, 0.4) is 0 Å². The molecule has 3 aromatic rings. The van der Waals surface area contributed by atoms with E-state index >= 15 is 0 Å². The molecule has 0 saturated heterocycles. The van der Waals surface area contributed by atoms with Gasteiger partial charge in [-0.3, -0.25) is 4.79 Å². The van der Waals surface area contributed by atoms with Crippen LogP contribution in [0, 0.1) is 0 Å². The highest BCUT2D eigenvalue weighted by Crippen LogP contribution is 2.17. The highest BCUT2D eigenvalue weighted by molar-refractivity contribution is 6.03. The van der Waals surface area contributed by atoms with Crippen LogP contribution in [0.4, 0.5) is 11.6 Å². The minimum Gasteiger partial charge on any atom is -0.497 e. The minimum absolute atomic E-state index is 0.0650. The van der Waals surface area contributed by atoms with Crippen LogP contribution in [0.2, 0.25) is 0 Å². The summed E-state index contributed by atoms with van der Waals surface area (Å²) < 4.78 is 5.10. The Morgan fingerprint density at radius 1 is 1.00 bits per heavy atom. The van der Waals surface area contributed by atoms with Crippen LogP contribution in [-0.2, 0) is 0 Å². The molecule has 0 bridgehead atoms. The number of nitrogens with zero attached hydrogens (tertiary/aromatic N) is 2. The third-order valence-electron chi connectivity index (χ3n) is 3.91. The normalized spacial score (nSPS) is 11.5. The maximum absolute atomic E-state index is 12.3. The molecule has 1 atom stereocenters. The molecule has 0 aliphatic rings. The molecule has 1 heterocycles. The van der Waals surface area contributed by atoms with Gasteiger partial charge in [0.05, 0.1) is 18.7 Å². The summed E-state index contributed by atoms with van der Waals surface area (Å²) in [7, 11) is 1.60. The average Bonchev–Trinajstić information content (AvgIpc) is 2.69. The Kier molecular flexibility index (Phi) is 5.43. The summed E-state index contributed by atoms with van der Waals surface area (Å²) in [6.45, 7) is 2.03. The predicted octanol–water partition coefficient (Wildman–Crippen LogP) is 3.91. The van der Waals surface area contributed by atoms with E-state index in [0.29, 0.717) is 17.2 Å². The van der Waals surface area contributed by atoms with Crippen molar-refractivity contribution in [1.29, 1.82) is 0 Å². The maximum Gasteiger partial charge on any atom is 0.258 e. The van der Waals surface area contributed by atoms with Crippen molar-refractivity contribution in [3.63, 3.8) is 0 Å². The topological polar surface area (TPSA) is 76.1 Å². The molecule has 0 saturated carbocycles. The number of hydrogen-bond donors (Lipinski definition) is 2. The Balaban J connectivity index is 1.62. The Hall–Kier alpha value is -3.41. The number of hydrogen-bond acceptors (Lipinski definition) is 5. The van der Waals surface area contributed by atoms with E-state index in [9.17, 15) is 4.79 Å². The van der Waals surface area contributed by atoms with Crippen LogP contribution in [-0.4, -0.2) is 23.0 Å². The second kappa shape index (κ2) is 8.11. The molecule has 6 nitrogen and oxygen atoms in total. The van der Waals surface area contributed by atoms with Gasteiger partial charge in [0.15, 0.2) is 0 Å². The fourth-order valence-electron chi connectivity index (χ4n) is 2.42. The SMILES string of the molecule is COc1ccc(NC(=O)c2cnc(NC(C)c3ccccc3)nc2)cc1. The summed E-state index contributed by atoms with van der Waals surface area (Å²) in [5, 5.41) is 6.02. The average molecular weight is 348 g/mol. The number of ether oxygens (including phenoxy) is 1. The number of carbonyl (C=O) groups excluding carboxylic acids is 1. The number of anilines is 2. The van der Waals surface area contributed by atoms with E-state index in [1.165, 1.54) is 12.4 Å². The summed E-state index contributed by atoms with van der Waals surface area (Å²) in [6.07, 6.45) is 3.01. The molecule has 0 spiro atoms. The second-order valence-electron chi connectivity index (χ2n) is 5.75. The monoisotopic (exact) mass is 348 g/mol. The first-order chi connectivity index (χ1) is 12.7. The Morgan fingerprint density at radius 3 is 2.27 bits per heavy atom. The summed E-state index contributed by atoms with van der Waals surface area (Å²) in [5.41, 5.74) is 2.20. The number of methoxy groups -OCH3 is 1. The molecule has 1 amide bonds. The van der Waals surface area contributed by atoms with Crippen molar-refractivity contribution in [3.05, 3.63) is 78.1 Å². The first kappa shape index (κ1) is 17.4. The van der Waals surface area contributed by atoms with E-state index in [1.54, 1.807) is 31.4 Å². The first-order valence-electron chi connectivity index (χ1n) is 8.24. The van der Waals surface area contributed by atoms with Crippen LogP contribution in [0.5, 0.6) is 5.75 Å². The summed E-state index contributed by atoms with van der Waals surface area (Å²) in [6, 6.07) is 17.2. The first-order valence-corrected chi connectivity index (χ1v) is 8.24. The number of aromatic nitrogens is 2. The van der Waals surface area contributed by atoms with Gasteiger partial charge in [0.25, 0.3) is 5.91 Å². The van der Waals surface area contributed by atoms with Crippen molar-refractivity contribution in [2.24, 2.45) is 0 Å². The Labute approximate surface area is 152 Å². The lowest BCUT2D eigenvalue weighted by atomic mass is 10.1. The Morgan fingerprint density at radius 2 is 1.65 bits per heavy atom. The molecule has 26 heavy (non-hydrogen) atoms. The molecule has 0 aliphatic heterocycles. The van der Waals surface area contributed by atoms with Gasteiger partial charge in [0, 0.05) is 18.1 Å². The number of nitrogens with one attached hydrogen (secondary N) is 2. The van der Waals surface area contributed by atoms with E-state index in [0.717, 1.165) is 11.3 Å². The van der Waals surface area contributed by atoms with E-state index in [2.05, 4.69) is 20.6 Å². The van der Waals surface area contributed by atoms with Gasteiger partial charge in [0.1, 0.15) is 5.75 Å². The zero-order valence-corrected chi connectivity index (χ0v) is 14.6. The number of rotatable bonds is 6. The molecular weight excluding hydrogens is 328 g/mol. The highest BCUT2D eigenvalue weighted by atomic mass is 16.5. The third kappa shape index (κ3) is 4.36. The van der Waals surface area contributed by atoms with Gasteiger partial charge < -0.3 is 15.4 Å². The zero-order valence-electron chi connectivity index (χ0n) is 14.6. The Bertz CT molecular complexity index is 849. The molecular formula is C20H20N4O2. The summed E-state index contributed by atoms with van der Waals surface area (Å²) in [4.78, 5) is 20.7. The fraction of sp³-hybridized carbons (Fsp3) is 0.150. The smallest absolute Gasteiger partial charge is 0.258 e. The highest BCUT2D eigenvalue weighted by Gasteiger charge is 2.10. The molecule has 1 aromatic heterocycles. The minimum atomic E-state index is -0.266. The van der Waals surface area contributed by atoms with E-state index in [1.807, 2.05) is 37.3 Å². The largest absolute Gasteiger partial charge is 0.497 e. The van der Waals surface area contributed by atoms with Gasteiger partial charge in [-0.2, -0.15) is 0 Å². The van der Waals surface area contributed by atoms with Crippen LogP contribution in [0.1, 0.15) is 28.9 Å². The summed E-state index contributed by atoms with van der Waals surface area (Å²) >= 11 is 0. The lowest BCUT2D eigenvalue weighted by Gasteiger charge is -2.14. The molecule has 132 valence electrons. The molecule has 0 radical (unpaired) electrons. The van der Waals surface area contributed by atoms with Gasteiger partial charge >= 0.3 is 0 Å². The van der Waals surface area contributed by atoms with Gasteiger partial charge in [-0.05, 0) is 36.8 Å². The van der Waals surface area contributed by atoms with Crippen molar-refractivity contribution in [1.82, 2.24) is 9.97 Å². The van der Waals surface area contributed by atoms with Gasteiger partial charge in [-0.25, -0.2) is 9.97 Å². The van der Waals surface area contributed by atoms with Crippen LogP contribution in [0.25, 0.3) is 0 Å². The van der Waals surface area contributed by atoms with Crippen LogP contribution in [0.15, 0.2) is 67.0 Å². The van der Waals surface area contributed by atoms with Crippen molar-refractivity contribution in [3.8, 4) is 5.75 Å². The quantitative estimate of drug-likeness (QED) is 0.706. The van der Waals surface area contributed by atoms with E-state index < -0.39 is 0 Å². The predicted molar refractivity (Wildman–Crippen MR) is 101 cm³/mol. The molecule has 0 fully saturated rings. The third-order valence-corrected chi connectivity index (χ3v) is 3.91. The fourth-order valence-corrected chi connectivity index (χ4v) is 2.42. The van der Waals surface area contributed by atoms with Crippen molar-refractivity contribution in [2.75, 3.05) is 17.7 Å². The second-order valence-corrected chi connectivity index (χ2v) is 5.75. The lowest BCUT2D eigenvalue weighted by molar-refractivity contribution is 0.102. The molecule has 0 aliphatic carbocycles. The summed E-state index contributed by atoms with van der Waals surface area (Å²) in [5.74, 6) is 0.939. The number of benzene rings is 2. The molecule has 6 heteroatoms. The van der Waals surface area contributed by atoms with Crippen molar-refractivity contribution in [2.45, 2.75) is 13.0 Å². The van der Waals surface area contributed by atoms with Gasteiger partial charge in [-0.1, -0.05) is 30.3 Å². The number of carbonyl (C=O) groups is 1. The van der Waals surface area contributed by atoms with Crippen LogP contribution < -0.4 is 15.4 Å². The molecule has 1 unspecified atom stereocenters. The van der Waals surface area contributed by atoms with E-state index in [4.69, 9.17) is 4.74 Å². The molecule has 3 rings (SSSR count). The van der Waals surface area contributed by atoms with Crippen LogP contribution >= 0.6 is 0 Å². The molecule has 2 N–H and O–H groups in total. The van der Waals surface area contributed by atoms with Crippen molar-refractivity contribution < 1.29 is 9.53 Å². The standard InChI is InChI=1S/C20H20N4O2/c1-14(15-6-4-3-5-7-15)23-20-21-12-16(13-22-20)19(25)24-17-8-10-18(26-2)11-9-17/h3-14H,1-2H3,(H,24,25)(H,21,22,23). The van der Waals surface area contributed by atoms with Gasteiger partial charge in [0.2, 0.25) is 5.95 Å². The van der Waals surface area contributed by atoms with E-state index in [-0.39, 0.29) is 11.9 Å². The molecule has 2 aromatic carbocycles. The maximum atomic E-state index is 12.3. The van der Waals surface area contributed by atoms with Crippen molar-refractivity contribution >= 4 is 17.5 Å². The van der Waals surface area contributed by atoms with Gasteiger partial charge in [-0.15, -0.1) is 0 Å². The lowest BCUT2D eigenvalue weighted by Crippen LogP contribution is -2.14.